The monoisotopic (exact) mass is 334 g/mol. The summed E-state index contributed by atoms with van der Waals surface area (Å²) < 4.78 is 17.9. The third kappa shape index (κ3) is 4.29. The van der Waals surface area contributed by atoms with Crippen molar-refractivity contribution in [3.05, 3.63) is 57.9 Å². The average Bonchev–Trinajstić information content (AvgIpc) is 2.55. The number of nitrogens with zero attached hydrogens (tertiary/aromatic N) is 3. The van der Waals surface area contributed by atoms with Gasteiger partial charge >= 0.3 is 11.7 Å². The molecule has 1 N–H and O–H groups in total. The van der Waals surface area contributed by atoms with Crippen LogP contribution in [0.15, 0.2) is 30.6 Å². The zero-order chi connectivity index (χ0) is 17.7. The first-order valence-electron chi connectivity index (χ1n) is 6.56. The minimum absolute atomic E-state index is 0.000670. The quantitative estimate of drug-likeness (QED) is 0.500. The molecule has 1 amide bonds. The Balaban J connectivity index is 1.94. The molecule has 0 spiro atoms. The van der Waals surface area contributed by atoms with E-state index in [1.54, 1.807) is 6.92 Å². The largest absolute Gasteiger partial charge is 0.451 e. The number of aryl methyl sites for hydroxylation is 1. The highest BCUT2D eigenvalue weighted by molar-refractivity contribution is 5.94. The Labute approximate surface area is 134 Å². The molecular weight excluding hydrogens is 323 g/mol. The molecule has 0 saturated carbocycles. The molecular formula is C14H11FN4O5. The van der Waals surface area contributed by atoms with E-state index in [-0.39, 0.29) is 11.4 Å². The van der Waals surface area contributed by atoms with Crippen LogP contribution in [0.2, 0.25) is 0 Å². The summed E-state index contributed by atoms with van der Waals surface area (Å²) in [5.41, 5.74) is -0.230. The summed E-state index contributed by atoms with van der Waals surface area (Å²) in [7, 11) is 0. The predicted octanol–water partition coefficient (Wildman–Crippen LogP) is 1.63. The van der Waals surface area contributed by atoms with E-state index >= 15 is 0 Å². The number of nitro groups is 1. The molecule has 0 aliphatic carbocycles. The van der Waals surface area contributed by atoms with Crippen LogP contribution in [0.25, 0.3) is 0 Å². The molecule has 10 heteroatoms. The lowest BCUT2D eigenvalue weighted by molar-refractivity contribution is -0.387. The highest BCUT2D eigenvalue weighted by Crippen LogP contribution is 2.21. The molecule has 2 aromatic rings. The number of nitrogens with one attached hydrogen (secondary N) is 1. The summed E-state index contributed by atoms with van der Waals surface area (Å²) in [5.74, 6) is -2.62. The molecule has 1 aromatic carbocycles. The van der Waals surface area contributed by atoms with Crippen molar-refractivity contribution in [1.82, 2.24) is 9.97 Å². The first-order valence-corrected chi connectivity index (χ1v) is 6.56. The first-order chi connectivity index (χ1) is 11.4. The molecule has 2 rings (SSSR count). The highest BCUT2D eigenvalue weighted by atomic mass is 19.1. The number of carbonyl (C=O) groups excluding carboxylic acids is 2. The Morgan fingerprint density at radius 1 is 1.33 bits per heavy atom. The lowest BCUT2D eigenvalue weighted by atomic mass is 10.2. The van der Waals surface area contributed by atoms with E-state index in [0.29, 0.717) is 5.69 Å². The zero-order valence-corrected chi connectivity index (χ0v) is 12.4. The molecule has 1 heterocycles. The molecule has 0 unspecified atom stereocenters. The average molecular weight is 334 g/mol. The summed E-state index contributed by atoms with van der Waals surface area (Å²) in [5, 5.41) is 12.9. The molecule has 9 nitrogen and oxygen atoms in total. The normalized spacial score (nSPS) is 10.1. The van der Waals surface area contributed by atoms with Crippen molar-refractivity contribution < 1.29 is 23.6 Å². The number of ether oxygens (including phenoxy) is 1. The van der Waals surface area contributed by atoms with Gasteiger partial charge in [0, 0.05) is 18.0 Å². The van der Waals surface area contributed by atoms with E-state index in [9.17, 15) is 24.1 Å². The van der Waals surface area contributed by atoms with E-state index < -0.39 is 34.9 Å². The molecule has 0 aliphatic rings. The van der Waals surface area contributed by atoms with Crippen molar-refractivity contribution in [2.75, 3.05) is 11.9 Å². The van der Waals surface area contributed by atoms with E-state index in [4.69, 9.17) is 4.74 Å². The van der Waals surface area contributed by atoms with Crippen LogP contribution in [0.1, 0.15) is 16.2 Å². The topological polar surface area (TPSA) is 124 Å². The van der Waals surface area contributed by atoms with Crippen molar-refractivity contribution >= 4 is 23.3 Å². The summed E-state index contributed by atoms with van der Waals surface area (Å²) in [6.45, 7) is 1.05. The second-order valence-electron chi connectivity index (χ2n) is 4.59. The number of rotatable bonds is 5. The number of hydrogen-bond donors (Lipinski definition) is 1. The fourth-order valence-corrected chi connectivity index (χ4v) is 1.63. The van der Waals surface area contributed by atoms with Crippen molar-refractivity contribution in [2.45, 2.75) is 6.92 Å². The van der Waals surface area contributed by atoms with Gasteiger partial charge in [0.1, 0.15) is 0 Å². The molecule has 124 valence electrons. The Morgan fingerprint density at radius 2 is 2.08 bits per heavy atom. The number of benzene rings is 1. The number of aromatic nitrogens is 2. The molecule has 0 bridgehead atoms. The van der Waals surface area contributed by atoms with Crippen molar-refractivity contribution in [3.63, 3.8) is 0 Å². The third-order valence-corrected chi connectivity index (χ3v) is 2.75. The Hall–Kier alpha value is -3.43. The van der Waals surface area contributed by atoms with Crippen molar-refractivity contribution in [1.29, 1.82) is 0 Å². The molecule has 0 aliphatic heterocycles. The second kappa shape index (κ2) is 7.22. The van der Waals surface area contributed by atoms with Crippen LogP contribution in [0, 0.1) is 22.9 Å². The maximum Gasteiger partial charge on any atom is 0.359 e. The highest BCUT2D eigenvalue weighted by Gasteiger charge is 2.16. The molecule has 0 atom stereocenters. The summed E-state index contributed by atoms with van der Waals surface area (Å²) in [4.78, 5) is 40.7. The zero-order valence-electron chi connectivity index (χ0n) is 12.4. The maximum absolute atomic E-state index is 13.2. The van der Waals surface area contributed by atoms with Crippen LogP contribution in [0.4, 0.5) is 15.8 Å². The molecule has 1 aromatic heterocycles. The van der Waals surface area contributed by atoms with E-state index in [2.05, 4.69) is 15.3 Å². The smallest absolute Gasteiger partial charge is 0.359 e. The SMILES string of the molecule is Cc1cnc(C(=O)OCC(=O)Nc2ccc(F)c([N+](=O)[O-])c2)cn1. The number of halogens is 1. The van der Waals surface area contributed by atoms with Crippen LogP contribution < -0.4 is 5.32 Å². The number of anilines is 1. The van der Waals surface area contributed by atoms with E-state index in [0.717, 1.165) is 18.2 Å². The van der Waals surface area contributed by atoms with Crippen molar-refractivity contribution in [2.24, 2.45) is 0 Å². The Morgan fingerprint density at radius 3 is 2.71 bits per heavy atom. The number of nitro benzene ring substituents is 1. The van der Waals surface area contributed by atoms with E-state index in [1.807, 2.05) is 0 Å². The summed E-state index contributed by atoms with van der Waals surface area (Å²) >= 11 is 0. The fourth-order valence-electron chi connectivity index (χ4n) is 1.63. The van der Waals surface area contributed by atoms with Crippen LogP contribution in [-0.2, 0) is 9.53 Å². The van der Waals surface area contributed by atoms with Crippen molar-refractivity contribution in [3.8, 4) is 0 Å². The van der Waals surface area contributed by atoms with Gasteiger partial charge in [-0.1, -0.05) is 0 Å². The van der Waals surface area contributed by atoms with Crippen LogP contribution in [0.3, 0.4) is 0 Å². The van der Waals surface area contributed by atoms with Gasteiger partial charge in [-0.2, -0.15) is 4.39 Å². The number of carbonyl (C=O) groups is 2. The van der Waals surface area contributed by atoms with Gasteiger partial charge in [0.05, 0.1) is 16.8 Å². The van der Waals surface area contributed by atoms with Crippen LogP contribution in [0.5, 0.6) is 0 Å². The Bertz CT molecular complexity index is 794. The minimum atomic E-state index is -1.03. The standard InChI is InChI=1S/C14H11FN4O5/c1-8-5-17-11(6-16-8)14(21)24-7-13(20)18-9-2-3-10(15)12(4-9)19(22)23/h2-6H,7H2,1H3,(H,18,20). The van der Waals surface area contributed by atoms with E-state index in [1.165, 1.54) is 12.4 Å². The second-order valence-corrected chi connectivity index (χ2v) is 4.59. The maximum atomic E-state index is 13.2. The number of esters is 1. The summed E-state index contributed by atoms with van der Waals surface area (Å²) in [6, 6.07) is 2.86. The Kier molecular flexibility index (Phi) is 5.09. The summed E-state index contributed by atoms with van der Waals surface area (Å²) in [6.07, 6.45) is 2.58. The van der Waals surface area contributed by atoms with Gasteiger partial charge in [0.15, 0.2) is 12.3 Å². The van der Waals surface area contributed by atoms with Gasteiger partial charge in [-0.25, -0.2) is 9.78 Å². The minimum Gasteiger partial charge on any atom is -0.451 e. The predicted molar refractivity (Wildman–Crippen MR) is 78.7 cm³/mol. The lowest BCUT2D eigenvalue weighted by Gasteiger charge is -2.06. The van der Waals surface area contributed by atoms with Crippen LogP contribution >= 0.6 is 0 Å². The fraction of sp³-hybridized carbons (Fsp3) is 0.143. The lowest BCUT2D eigenvalue weighted by Crippen LogP contribution is -2.21. The van der Waals surface area contributed by atoms with Gasteiger partial charge in [-0.3, -0.25) is 19.9 Å². The van der Waals surface area contributed by atoms with Gasteiger partial charge in [0.25, 0.3) is 5.91 Å². The van der Waals surface area contributed by atoms with Crippen LogP contribution in [-0.4, -0.2) is 33.4 Å². The molecule has 0 fully saturated rings. The number of hydrogen-bond acceptors (Lipinski definition) is 7. The van der Waals surface area contributed by atoms with Gasteiger partial charge in [0.2, 0.25) is 5.82 Å². The molecule has 0 saturated heterocycles. The third-order valence-electron chi connectivity index (χ3n) is 2.75. The number of amides is 1. The first kappa shape index (κ1) is 16.9. The molecule has 24 heavy (non-hydrogen) atoms. The van der Waals surface area contributed by atoms with Gasteiger partial charge in [-0.15, -0.1) is 0 Å². The van der Waals surface area contributed by atoms with Gasteiger partial charge < -0.3 is 10.1 Å². The van der Waals surface area contributed by atoms with Gasteiger partial charge in [-0.05, 0) is 19.1 Å². The molecule has 0 radical (unpaired) electrons.